The fraction of sp³-hybridized carbons (Fsp3) is 0.286. The second-order valence-corrected chi connectivity index (χ2v) is 7.44. The molecule has 0 unspecified atom stereocenters. The van der Waals surface area contributed by atoms with E-state index in [1.165, 1.54) is 17.4 Å². The van der Waals surface area contributed by atoms with Gasteiger partial charge in [-0.3, -0.25) is 0 Å². The molecule has 1 N–H and O–H groups in total. The van der Waals surface area contributed by atoms with E-state index < -0.39 is 11.7 Å². The maximum Gasteiger partial charge on any atom is 0.416 e. The number of nitrogens with zero attached hydrogens (tertiary/aromatic N) is 1. The Morgan fingerprint density at radius 2 is 1.63 bits per heavy atom. The normalized spacial score (nSPS) is 11.4. The minimum atomic E-state index is -4.35. The van der Waals surface area contributed by atoms with Crippen molar-refractivity contribution in [1.29, 1.82) is 0 Å². The Kier molecular flexibility index (Phi) is 6.84. The summed E-state index contributed by atoms with van der Waals surface area (Å²) in [7, 11) is 4.69. The van der Waals surface area contributed by atoms with Crippen molar-refractivity contribution >= 4 is 11.3 Å². The molecule has 0 aliphatic heterocycles. The van der Waals surface area contributed by atoms with Gasteiger partial charge in [0.05, 0.1) is 31.8 Å². The Balaban J connectivity index is 1.70. The van der Waals surface area contributed by atoms with Gasteiger partial charge >= 0.3 is 6.18 Å². The van der Waals surface area contributed by atoms with Gasteiger partial charge in [0, 0.05) is 30.9 Å². The van der Waals surface area contributed by atoms with Gasteiger partial charge in [0.15, 0.2) is 11.5 Å². The van der Waals surface area contributed by atoms with Crippen molar-refractivity contribution in [1.82, 2.24) is 10.3 Å². The lowest BCUT2D eigenvalue weighted by atomic mass is 10.1. The number of hydrogen-bond acceptors (Lipinski definition) is 6. The van der Waals surface area contributed by atoms with Crippen molar-refractivity contribution in [2.24, 2.45) is 0 Å². The molecular weight excluding hydrogens is 417 g/mol. The molecule has 0 aliphatic rings. The van der Waals surface area contributed by atoms with E-state index in [9.17, 15) is 13.2 Å². The third-order valence-electron chi connectivity index (χ3n) is 4.38. The maximum absolute atomic E-state index is 12.8. The predicted molar refractivity (Wildman–Crippen MR) is 109 cm³/mol. The zero-order valence-corrected chi connectivity index (χ0v) is 17.5. The number of aromatic nitrogens is 1. The quantitative estimate of drug-likeness (QED) is 0.528. The van der Waals surface area contributed by atoms with Gasteiger partial charge < -0.3 is 19.5 Å². The molecule has 3 aromatic rings. The number of halogens is 3. The molecule has 30 heavy (non-hydrogen) atoms. The molecule has 1 heterocycles. The van der Waals surface area contributed by atoms with E-state index in [0.29, 0.717) is 35.9 Å². The molecule has 5 nitrogen and oxygen atoms in total. The lowest BCUT2D eigenvalue weighted by molar-refractivity contribution is -0.137. The summed E-state index contributed by atoms with van der Waals surface area (Å²) in [5.41, 5.74) is 0.721. The summed E-state index contributed by atoms with van der Waals surface area (Å²) < 4.78 is 54.6. The van der Waals surface area contributed by atoms with Crippen molar-refractivity contribution in [3.8, 4) is 27.7 Å². The van der Waals surface area contributed by atoms with E-state index in [4.69, 9.17) is 14.2 Å². The van der Waals surface area contributed by atoms with Crippen molar-refractivity contribution < 1.29 is 27.4 Å². The number of ether oxygens (including phenoxy) is 3. The van der Waals surface area contributed by atoms with Crippen LogP contribution in [0.3, 0.4) is 0 Å². The van der Waals surface area contributed by atoms with Gasteiger partial charge in [-0.25, -0.2) is 4.98 Å². The molecule has 160 valence electrons. The highest BCUT2D eigenvalue weighted by Crippen LogP contribution is 2.41. The van der Waals surface area contributed by atoms with Gasteiger partial charge in [0.2, 0.25) is 0 Å². The van der Waals surface area contributed by atoms with Crippen molar-refractivity contribution in [3.63, 3.8) is 0 Å². The molecule has 9 heteroatoms. The number of rotatable bonds is 8. The minimum absolute atomic E-state index is 0.304. The van der Waals surface area contributed by atoms with Crippen LogP contribution in [-0.2, 0) is 19.3 Å². The zero-order chi connectivity index (χ0) is 21.7. The van der Waals surface area contributed by atoms with Gasteiger partial charge in [-0.2, -0.15) is 13.2 Å². The topological polar surface area (TPSA) is 52.6 Å². The number of methoxy groups -OCH3 is 3. The molecule has 2 aromatic carbocycles. The highest BCUT2D eigenvalue weighted by atomic mass is 32.1. The molecule has 0 atom stereocenters. The molecular formula is C21H21F3N2O3S. The van der Waals surface area contributed by atoms with Crippen molar-refractivity contribution in [3.05, 3.63) is 58.7 Å². The van der Waals surface area contributed by atoms with E-state index in [-0.39, 0.29) is 0 Å². The molecule has 0 saturated heterocycles. The minimum Gasteiger partial charge on any atom is -0.496 e. The van der Waals surface area contributed by atoms with E-state index >= 15 is 0 Å². The Hall–Kier alpha value is -2.78. The first-order valence-corrected chi connectivity index (χ1v) is 9.79. The first-order chi connectivity index (χ1) is 14.4. The number of thiazole rings is 1. The van der Waals surface area contributed by atoms with Crippen LogP contribution in [0.2, 0.25) is 0 Å². The van der Waals surface area contributed by atoms with Crippen LogP contribution in [0, 0.1) is 0 Å². The highest BCUT2D eigenvalue weighted by molar-refractivity contribution is 7.15. The Morgan fingerprint density at radius 1 is 0.933 bits per heavy atom. The fourth-order valence-electron chi connectivity index (χ4n) is 2.91. The van der Waals surface area contributed by atoms with Crippen LogP contribution in [0.5, 0.6) is 17.2 Å². The summed E-state index contributed by atoms with van der Waals surface area (Å²) in [6.07, 6.45) is -2.62. The Bertz CT molecular complexity index is 1010. The molecule has 0 fully saturated rings. The standard InChI is InChI=1S/C21H21F3N2O3S/c1-27-16-9-18(29-3)17(28-2)8-15(16)19-11-26-20(30-19)12-25-10-13-5-4-6-14(7-13)21(22,23)24/h4-9,11,25H,10,12H2,1-3H3. The van der Waals surface area contributed by atoms with Gasteiger partial charge in [-0.1, -0.05) is 18.2 Å². The van der Waals surface area contributed by atoms with Crippen LogP contribution >= 0.6 is 11.3 Å². The van der Waals surface area contributed by atoms with E-state index in [1.54, 1.807) is 39.7 Å². The maximum atomic E-state index is 12.8. The summed E-state index contributed by atoms with van der Waals surface area (Å²) >= 11 is 1.46. The lowest BCUT2D eigenvalue weighted by Gasteiger charge is -2.13. The Morgan fingerprint density at radius 3 is 2.30 bits per heavy atom. The monoisotopic (exact) mass is 438 g/mol. The first-order valence-electron chi connectivity index (χ1n) is 8.97. The number of benzene rings is 2. The number of hydrogen-bond donors (Lipinski definition) is 1. The molecule has 0 aliphatic carbocycles. The fourth-order valence-corrected chi connectivity index (χ4v) is 3.82. The molecule has 0 amide bonds. The average molecular weight is 438 g/mol. The third-order valence-corrected chi connectivity index (χ3v) is 5.41. The van der Waals surface area contributed by atoms with Crippen LogP contribution in [0.15, 0.2) is 42.6 Å². The third kappa shape index (κ3) is 5.03. The molecule has 0 bridgehead atoms. The molecule has 1 aromatic heterocycles. The van der Waals surface area contributed by atoms with E-state index in [0.717, 1.165) is 27.6 Å². The van der Waals surface area contributed by atoms with Gasteiger partial charge in [-0.05, 0) is 17.7 Å². The van der Waals surface area contributed by atoms with Crippen LogP contribution in [0.25, 0.3) is 10.4 Å². The summed E-state index contributed by atoms with van der Waals surface area (Å²) in [5.74, 6) is 1.76. The SMILES string of the molecule is COc1cc(OC)c(-c2cnc(CNCc3cccc(C(F)(F)F)c3)s2)cc1OC. The second kappa shape index (κ2) is 9.36. The van der Waals surface area contributed by atoms with Crippen molar-refractivity contribution in [2.45, 2.75) is 19.3 Å². The van der Waals surface area contributed by atoms with Crippen LogP contribution in [0.4, 0.5) is 13.2 Å². The van der Waals surface area contributed by atoms with Gasteiger partial charge in [-0.15, -0.1) is 11.3 Å². The number of nitrogens with one attached hydrogen (secondary N) is 1. The average Bonchev–Trinajstić information content (AvgIpc) is 3.21. The number of alkyl halides is 3. The summed E-state index contributed by atoms with van der Waals surface area (Å²) in [4.78, 5) is 5.28. The molecule has 0 radical (unpaired) electrons. The molecule has 3 rings (SSSR count). The summed E-state index contributed by atoms with van der Waals surface area (Å²) in [6.45, 7) is 0.731. The Labute approximate surface area is 176 Å². The summed E-state index contributed by atoms with van der Waals surface area (Å²) in [5, 5.41) is 3.94. The first kappa shape index (κ1) is 21.9. The van der Waals surface area contributed by atoms with Crippen LogP contribution in [0.1, 0.15) is 16.1 Å². The molecule has 0 saturated carbocycles. The predicted octanol–water partition coefficient (Wildman–Crippen LogP) is 5.14. The zero-order valence-electron chi connectivity index (χ0n) is 16.7. The van der Waals surface area contributed by atoms with Gasteiger partial charge in [0.25, 0.3) is 0 Å². The second-order valence-electron chi connectivity index (χ2n) is 6.33. The lowest BCUT2D eigenvalue weighted by Crippen LogP contribution is -2.13. The van der Waals surface area contributed by atoms with E-state index in [1.807, 2.05) is 6.07 Å². The summed E-state index contributed by atoms with van der Waals surface area (Å²) in [6, 6.07) is 8.85. The molecule has 0 spiro atoms. The smallest absolute Gasteiger partial charge is 0.416 e. The highest BCUT2D eigenvalue weighted by Gasteiger charge is 2.30. The van der Waals surface area contributed by atoms with Gasteiger partial charge in [0.1, 0.15) is 10.8 Å². The van der Waals surface area contributed by atoms with Crippen molar-refractivity contribution in [2.75, 3.05) is 21.3 Å². The van der Waals surface area contributed by atoms with E-state index in [2.05, 4.69) is 10.3 Å². The van der Waals surface area contributed by atoms with Crippen LogP contribution in [-0.4, -0.2) is 26.3 Å². The largest absolute Gasteiger partial charge is 0.496 e. The van der Waals surface area contributed by atoms with Crippen LogP contribution < -0.4 is 19.5 Å².